The normalized spacial score (nSPS) is 40.6. The number of likely N-dealkylation sites (tertiary alicyclic amines) is 1. The van der Waals surface area contributed by atoms with Crippen molar-refractivity contribution in [2.24, 2.45) is 0 Å². The molecule has 2 N–H and O–H groups in total. The molecule has 1 aromatic rings. The van der Waals surface area contributed by atoms with Crippen LogP contribution in [0.5, 0.6) is 11.5 Å². The second kappa shape index (κ2) is 4.06. The van der Waals surface area contributed by atoms with Gasteiger partial charge in [-0.05, 0) is 23.6 Å². The van der Waals surface area contributed by atoms with Crippen molar-refractivity contribution in [2.45, 2.75) is 42.9 Å². The van der Waals surface area contributed by atoms with E-state index in [4.69, 9.17) is 9.47 Å². The largest absolute Gasteiger partial charge is 0.493 e. The molecule has 22 heavy (non-hydrogen) atoms. The number of hydrogen-bond donors (Lipinski definition) is 2. The predicted molar refractivity (Wildman–Crippen MR) is 81.7 cm³/mol. The number of quaternary nitrogens is 1. The Hall–Kier alpha value is -1.52. The summed E-state index contributed by atoms with van der Waals surface area (Å²) in [6.45, 7) is 1.13. The molecule has 0 saturated carbocycles. The summed E-state index contributed by atoms with van der Waals surface area (Å²) in [6, 6.07) is 4.75. The summed E-state index contributed by atoms with van der Waals surface area (Å²) < 4.78 is 11.9. The number of hydrogen-bond acceptors (Lipinski definition) is 3. The van der Waals surface area contributed by atoms with Gasteiger partial charge in [-0.15, -0.1) is 0 Å². The molecule has 5 rings (SSSR count). The van der Waals surface area contributed by atoms with Crippen LogP contribution in [0, 0.1) is 0 Å². The van der Waals surface area contributed by atoms with Gasteiger partial charge in [-0.3, -0.25) is 0 Å². The fourth-order valence-electron chi connectivity index (χ4n) is 5.38. The number of rotatable bonds is 1. The van der Waals surface area contributed by atoms with Crippen LogP contribution >= 0.6 is 0 Å². The van der Waals surface area contributed by atoms with Crippen LogP contribution in [0.15, 0.2) is 23.8 Å². The number of benzene rings is 1. The third kappa shape index (κ3) is 1.28. The molecular weight excluding hydrogens is 278 g/mol. The van der Waals surface area contributed by atoms with Gasteiger partial charge >= 0.3 is 0 Å². The lowest BCUT2D eigenvalue weighted by atomic mass is 9.56. The van der Waals surface area contributed by atoms with Crippen LogP contribution in [0.25, 0.3) is 0 Å². The van der Waals surface area contributed by atoms with Gasteiger partial charge in [-0.25, -0.2) is 0 Å². The summed E-state index contributed by atoms with van der Waals surface area (Å²) in [4.78, 5) is 1.59. The van der Waals surface area contributed by atoms with Gasteiger partial charge in [0.05, 0.1) is 32.2 Å². The first kappa shape index (κ1) is 13.0. The molecule has 1 saturated heterocycles. The molecule has 4 nitrogen and oxygen atoms in total. The molecule has 116 valence electrons. The maximum absolute atomic E-state index is 10.6. The summed E-state index contributed by atoms with van der Waals surface area (Å²) in [5.41, 5.74) is 4.09. The minimum Gasteiger partial charge on any atom is -0.493 e. The fraction of sp³-hybridized carbons (Fsp3) is 0.556. The van der Waals surface area contributed by atoms with Crippen LogP contribution < -0.4 is 14.4 Å². The molecule has 0 aromatic heterocycles. The van der Waals surface area contributed by atoms with Crippen molar-refractivity contribution in [3.63, 3.8) is 0 Å². The van der Waals surface area contributed by atoms with Crippen molar-refractivity contribution < 1.29 is 19.5 Å². The molecule has 1 aromatic carbocycles. The first-order valence-electron chi connectivity index (χ1n) is 8.24. The fourth-order valence-corrected chi connectivity index (χ4v) is 5.38. The van der Waals surface area contributed by atoms with Gasteiger partial charge in [0.2, 0.25) is 0 Å². The lowest BCUT2D eigenvalue weighted by molar-refractivity contribution is -0.906. The van der Waals surface area contributed by atoms with Crippen molar-refractivity contribution in [3.8, 4) is 11.5 Å². The van der Waals surface area contributed by atoms with Crippen molar-refractivity contribution in [1.29, 1.82) is 0 Å². The Morgan fingerprint density at radius 3 is 3.09 bits per heavy atom. The van der Waals surface area contributed by atoms with Gasteiger partial charge in [-0.1, -0.05) is 12.1 Å². The van der Waals surface area contributed by atoms with Crippen LogP contribution in [-0.4, -0.2) is 44.1 Å². The second-order valence-corrected chi connectivity index (χ2v) is 7.21. The molecular formula is C18H22NO3+. The zero-order valence-electron chi connectivity index (χ0n) is 13.1. The number of ether oxygens (including phenoxy) is 2. The molecule has 2 aliphatic carbocycles. The smallest absolute Gasteiger partial charge is 0.166 e. The lowest BCUT2D eigenvalue weighted by Crippen LogP contribution is -3.15. The maximum atomic E-state index is 10.6. The van der Waals surface area contributed by atoms with Gasteiger partial charge in [0.15, 0.2) is 11.5 Å². The van der Waals surface area contributed by atoms with Crippen molar-refractivity contribution in [1.82, 2.24) is 0 Å². The summed E-state index contributed by atoms with van der Waals surface area (Å²) >= 11 is 0. The first-order chi connectivity index (χ1) is 10.7. The predicted octanol–water partition coefficient (Wildman–Crippen LogP) is 0.228. The zero-order valence-corrected chi connectivity index (χ0v) is 13.1. The molecule has 1 spiro atoms. The minimum atomic E-state index is -0.425. The second-order valence-electron chi connectivity index (χ2n) is 7.21. The van der Waals surface area contributed by atoms with Crippen LogP contribution in [0.1, 0.15) is 24.0 Å². The Balaban J connectivity index is 1.84. The van der Waals surface area contributed by atoms with Crippen LogP contribution in [0.4, 0.5) is 0 Å². The monoisotopic (exact) mass is 300 g/mol. The highest BCUT2D eigenvalue weighted by Gasteiger charge is 2.64. The highest BCUT2D eigenvalue weighted by Crippen LogP contribution is 2.60. The van der Waals surface area contributed by atoms with Crippen molar-refractivity contribution in [3.05, 3.63) is 34.9 Å². The van der Waals surface area contributed by atoms with Gasteiger partial charge in [0, 0.05) is 18.4 Å². The molecule has 4 heteroatoms. The Bertz CT molecular complexity index is 698. The maximum Gasteiger partial charge on any atom is 0.166 e. The number of methoxy groups -OCH3 is 1. The molecule has 4 aliphatic rings. The van der Waals surface area contributed by atoms with Crippen molar-refractivity contribution >= 4 is 0 Å². The number of piperidine rings is 1. The first-order valence-corrected chi connectivity index (χ1v) is 8.24. The SMILES string of the molecule is COc1ccc2c3c1O[C@H]1[C@@H](O)CC=C4[C@@H](C2)[NH+](C)CC[C@]431. The van der Waals surface area contributed by atoms with Gasteiger partial charge in [-0.2, -0.15) is 0 Å². The van der Waals surface area contributed by atoms with E-state index < -0.39 is 6.10 Å². The Labute approximate surface area is 130 Å². The van der Waals surface area contributed by atoms with E-state index in [0.717, 1.165) is 30.9 Å². The molecule has 0 amide bonds. The average molecular weight is 300 g/mol. The molecule has 2 heterocycles. The summed E-state index contributed by atoms with van der Waals surface area (Å²) in [5.74, 6) is 1.69. The molecule has 2 aliphatic heterocycles. The molecule has 5 atom stereocenters. The number of nitrogens with one attached hydrogen (secondary N) is 1. The highest BCUT2D eigenvalue weighted by molar-refractivity contribution is 5.65. The number of aliphatic hydroxyl groups excluding tert-OH is 1. The van der Waals surface area contributed by atoms with Crippen LogP contribution in [0.2, 0.25) is 0 Å². The summed E-state index contributed by atoms with van der Waals surface area (Å²) in [7, 11) is 3.99. The Kier molecular flexibility index (Phi) is 2.39. The average Bonchev–Trinajstić information content (AvgIpc) is 2.88. The van der Waals surface area contributed by atoms with Gasteiger partial charge in [0.25, 0.3) is 0 Å². The van der Waals surface area contributed by atoms with E-state index in [1.165, 1.54) is 16.7 Å². The van der Waals surface area contributed by atoms with Gasteiger partial charge < -0.3 is 19.5 Å². The van der Waals surface area contributed by atoms with Crippen LogP contribution in [0.3, 0.4) is 0 Å². The number of aliphatic hydroxyl groups is 1. The van der Waals surface area contributed by atoms with E-state index in [9.17, 15) is 5.11 Å². The molecule has 0 radical (unpaired) electrons. The highest BCUT2D eigenvalue weighted by atomic mass is 16.5. The van der Waals surface area contributed by atoms with E-state index in [1.54, 1.807) is 12.0 Å². The molecule has 1 unspecified atom stereocenters. The number of likely N-dealkylation sites (N-methyl/N-ethyl adjacent to an activating group) is 1. The zero-order chi connectivity index (χ0) is 15.1. The van der Waals surface area contributed by atoms with Crippen molar-refractivity contribution in [2.75, 3.05) is 20.7 Å². The van der Waals surface area contributed by atoms with E-state index in [2.05, 4.69) is 19.2 Å². The Morgan fingerprint density at radius 2 is 2.27 bits per heavy atom. The topological polar surface area (TPSA) is 43.1 Å². The quantitative estimate of drug-likeness (QED) is 0.730. The Morgan fingerprint density at radius 1 is 1.41 bits per heavy atom. The van der Waals surface area contributed by atoms with E-state index in [0.29, 0.717) is 12.5 Å². The van der Waals surface area contributed by atoms with Crippen LogP contribution in [-0.2, 0) is 11.8 Å². The summed E-state index contributed by atoms with van der Waals surface area (Å²) in [5, 5.41) is 10.6. The molecule has 1 fully saturated rings. The minimum absolute atomic E-state index is 0.112. The van der Waals surface area contributed by atoms with E-state index in [1.807, 2.05) is 6.07 Å². The lowest BCUT2D eigenvalue weighted by Gasteiger charge is -2.52. The standard InChI is InChI=1S/C18H21NO3/c1-19-8-7-18-11-4-5-13(20)17(18)22-16-14(21-2)6-3-10(15(16)18)9-12(11)19/h3-4,6,12-13,17,20H,5,7-9H2,1-2H3/p+1/t12-,13+,17+,18+/m1/s1. The van der Waals surface area contributed by atoms with Gasteiger partial charge in [0.1, 0.15) is 12.1 Å². The van der Waals surface area contributed by atoms with E-state index in [-0.39, 0.29) is 11.5 Å². The molecule has 2 bridgehead atoms. The summed E-state index contributed by atoms with van der Waals surface area (Å²) in [6.07, 6.45) is 4.56. The van der Waals surface area contributed by atoms with E-state index >= 15 is 0 Å². The third-order valence-electron chi connectivity index (χ3n) is 6.36. The third-order valence-corrected chi connectivity index (χ3v) is 6.36.